The zero-order chi connectivity index (χ0) is 15.6. The van der Waals surface area contributed by atoms with E-state index in [9.17, 15) is 19.1 Å². The van der Waals surface area contributed by atoms with Crippen molar-refractivity contribution < 1.29 is 23.8 Å². The summed E-state index contributed by atoms with van der Waals surface area (Å²) in [6.45, 7) is 2.21. The lowest BCUT2D eigenvalue weighted by molar-refractivity contribution is -0.145. The lowest BCUT2D eigenvalue weighted by Gasteiger charge is -2.37. The van der Waals surface area contributed by atoms with Gasteiger partial charge in [-0.3, -0.25) is 4.79 Å². The molecule has 1 N–H and O–H groups in total. The summed E-state index contributed by atoms with van der Waals surface area (Å²) in [5, 5.41) is 9.34. The van der Waals surface area contributed by atoms with Gasteiger partial charge in [0, 0.05) is 12.1 Å². The van der Waals surface area contributed by atoms with Crippen LogP contribution >= 0.6 is 0 Å². The maximum Gasteiger partial charge on any atom is 0.326 e. The van der Waals surface area contributed by atoms with Gasteiger partial charge in [0.2, 0.25) is 0 Å². The number of halogens is 1. The maximum atomic E-state index is 13.4. The molecule has 0 bridgehead atoms. The minimum Gasteiger partial charge on any atom is -0.494 e. The van der Waals surface area contributed by atoms with E-state index in [0.717, 1.165) is 18.9 Å². The molecule has 2 atom stereocenters. The average Bonchev–Trinajstić information content (AvgIpc) is 2.46. The van der Waals surface area contributed by atoms with Gasteiger partial charge in [-0.2, -0.15) is 0 Å². The van der Waals surface area contributed by atoms with Crippen molar-refractivity contribution >= 4 is 11.9 Å². The largest absolute Gasteiger partial charge is 0.494 e. The van der Waals surface area contributed by atoms with Crippen LogP contribution in [0.25, 0.3) is 0 Å². The van der Waals surface area contributed by atoms with Crippen LogP contribution in [-0.4, -0.2) is 41.6 Å². The summed E-state index contributed by atoms with van der Waals surface area (Å²) in [6, 6.07) is 2.95. The number of aliphatic carboxylic acids is 1. The minimum absolute atomic E-state index is 0.0298. The summed E-state index contributed by atoms with van der Waals surface area (Å²) in [4.78, 5) is 25.3. The van der Waals surface area contributed by atoms with Crippen LogP contribution in [-0.2, 0) is 4.79 Å². The number of rotatable bonds is 3. The molecule has 0 radical (unpaired) electrons. The number of carbonyl (C=O) groups is 2. The molecule has 0 aliphatic carbocycles. The highest BCUT2D eigenvalue weighted by molar-refractivity contribution is 5.97. The van der Waals surface area contributed by atoms with Crippen LogP contribution in [0.1, 0.15) is 30.1 Å². The first-order valence-corrected chi connectivity index (χ1v) is 6.83. The van der Waals surface area contributed by atoms with Crippen LogP contribution in [0.3, 0.4) is 0 Å². The molecule has 5 nitrogen and oxygen atoms in total. The molecule has 1 amide bonds. The van der Waals surface area contributed by atoms with Gasteiger partial charge in [-0.1, -0.05) is 6.92 Å². The molecule has 2 rings (SSSR count). The van der Waals surface area contributed by atoms with Crippen molar-refractivity contribution in [2.24, 2.45) is 5.92 Å². The van der Waals surface area contributed by atoms with Crippen LogP contribution in [0.5, 0.6) is 5.75 Å². The van der Waals surface area contributed by atoms with E-state index in [4.69, 9.17) is 4.74 Å². The van der Waals surface area contributed by atoms with E-state index < -0.39 is 23.7 Å². The normalized spacial score (nSPS) is 22.0. The number of ether oxygens (including phenoxy) is 1. The molecule has 1 aliphatic rings. The fourth-order valence-electron chi connectivity index (χ4n) is 2.75. The Morgan fingerprint density at radius 3 is 2.76 bits per heavy atom. The second kappa shape index (κ2) is 6.11. The Kier molecular flexibility index (Phi) is 4.45. The van der Waals surface area contributed by atoms with Crippen molar-refractivity contribution in [3.63, 3.8) is 0 Å². The Balaban J connectivity index is 2.31. The molecule has 6 heteroatoms. The molecular weight excluding hydrogens is 277 g/mol. The number of carboxylic acids is 1. The molecular formula is C15H18FNO4. The van der Waals surface area contributed by atoms with Gasteiger partial charge >= 0.3 is 5.97 Å². The molecule has 1 aromatic carbocycles. The number of likely N-dealkylation sites (tertiary alicyclic amines) is 1. The molecule has 2 unspecified atom stereocenters. The fourth-order valence-corrected chi connectivity index (χ4v) is 2.75. The van der Waals surface area contributed by atoms with Crippen molar-refractivity contribution in [2.75, 3.05) is 13.7 Å². The fraction of sp³-hybridized carbons (Fsp3) is 0.467. The molecule has 1 fully saturated rings. The summed E-state index contributed by atoms with van der Waals surface area (Å²) in [5.74, 6) is -2.12. The molecule has 1 heterocycles. The van der Waals surface area contributed by atoms with Crippen molar-refractivity contribution in [3.05, 3.63) is 29.6 Å². The first-order valence-electron chi connectivity index (χ1n) is 6.83. The Morgan fingerprint density at radius 1 is 1.43 bits per heavy atom. The van der Waals surface area contributed by atoms with Gasteiger partial charge in [0.05, 0.1) is 7.11 Å². The molecule has 21 heavy (non-hydrogen) atoms. The summed E-state index contributed by atoms with van der Waals surface area (Å²) in [6.07, 6.45) is 1.53. The third-order valence-electron chi connectivity index (χ3n) is 3.85. The summed E-state index contributed by atoms with van der Waals surface area (Å²) < 4.78 is 18.3. The lowest BCUT2D eigenvalue weighted by Crippen LogP contribution is -2.51. The predicted octanol–water partition coefficient (Wildman–Crippen LogP) is 2.16. The number of piperidine rings is 1. The summed E-state index contributed by atoms with van der Waals surface area (Å²) in [7, 11) is 1.32. The van der Waals surface area contributed by atoms with Crippen molar-refractivity contribution in [1.29, 1.82) is 0 Å². The third kappa shape index (κ3) is 2.99. The highest BCUT2D eigenvalue weighted by atomic mass is 19.1. The number of carbonyl (C=O) groups excluding carboxylic acids is 1. The Bertz CT molecular complexity index is 561. The zero-order valence-corrected chi connectivity index (χ0v) is 12.0. The van der Waals surface area contributed by atoms with E-state index in [1.54, 1.807) is 0 Å². The average molecular weight is 295 g/mol. The molecule has 0 spiro atoms. The Morgan fingerprint density at radius 2 is 2.14 bits per heavy atom. The van der Waals surface area contributed by atoms with Crippen LogP contribution in [0.2, 0.25) is 0 Å². The van der Waals surface area contributed by atoms with Gasteiger partial charge in [-0.05, 0) is 37.0 Å². The van der Waals surface area contributed by atoms with Crippen LogP contribution in [0.15, 0.2) is 18.2 Å². The smallest absolute Gasteiger partial charge is 0.326 e. The molecule has 1 aliphatic heterocycles. The zero-order valence-electron chi connectivity index (χ0n) is 12.0. The van der Waals surface area contributed by atoms with Crippen molar-refractivity contribution in [3.8, 4) is 5.75 Å². The highest BCUT2D eigenvalue weighted by Gasteiger charge is 2.37. The number of hydrogen-bond donors (Lipinski definition) is 1. The second-order valence-electron chi connectivity index (χ2n) is 5.25. The van der Waals surface area contributed by atoms with Crippen LogP contribution in [0.4, 0.5) is 4.39 Å². The summed E-state index contributed by atoms with van der Waals surface area (Å²) >= 11 is 0. The predicted molar refractivity (Wildman–Crippen MR) is 73.8 cm³/mol. The SMILES string of the molecule is COc1cc(C(=O)N2CCCC(C)C2C(=O)O)ccc1F. The van der Waals surface area contributed by atoms with Crippen molar-refractivity contribution in [2.45, 2.75) is 25.8 Å². The van der Waals surface area contributed by atoms with E-state index in [2.05, 4.69) is 0 Å². The van der Waals surface area contributed by atoms with E-state index >= 15 is 0 Å². The highest BCUT2D eigenvalue weighted by Crippen LogP contribution is 2.26. The number of benzene rings is 1. The topological polar surface area (TPSA) is 66.8 Å². The summed E-state index contributed by atoms with van der Waals surface area (Å²) in [5.41, 5.74) is 0.230. The van der Waals surface area contributed by atoms with Gasteiger partial charge in [-0.15, -0.1) is 0 Å². The molecule has 1 aromatic rings. The standard InChI is InChI=1S/C15H18FNO4/c1-9-4-3-7-17(13(9)15(19)20)14(18)10-5-6-11(16)12(8-10)21-2/h5-6,8-9,13H,3-4,7H2,1-2H3,(H,19,20). The molecule has 1 saturated heterocycles. The maximum absolute atomic E-state index is 13.4. The van der Waals surface area contributed by atoms with E-state index in [1.165, 1.54) is 24.1 Å². The first-order chi connectivity index (χ1) is 9.95. The van der Waals surface area contributed by atoms with Crippen LogP contribution < -0.4 is 4.74 Å². The molecule has 0 saturated carbocycles. The number of amides is 1. The minimum atomic E-state index is -1.01. The number of carboxylic acid groups (broad SMARTS) is 1. The van der Waals surface area contributed by atoms with Gasteiger partial charge in [-0.25, -0.2) is 9.18 Å². The van der Waals surface area contributed by atoms with E-state index in [-0.39, 0.29) is 17.2 Å². The van der Waals surface area contributed by atoms with Gasteiger partial charge in [0.15, 0.2) is 11.6 Å². The second-order valence-corrected chi connectivity index (χ2v) is 5.25. The number of nitrogens with zero attached hydrogens (tertiary/aromatic N) is 1. The van der Waals surface area contributed by atoms with E-state index in [0.29, 0.717) is 6.54 Å². The molecule has 0 aromatic heterocycles. The van der Waals surface area contributed by atoms with Gasteiger partial charge in [0.25, 0.3) is 5.91 Å². The van der Waals surface area contributed by atoms with Crippen LogP contribution in [0, 0.1) is 11.7 Å². The van der Waals surface area contributed by atoms with Gasteiger partial charge in [0.1, 0.15) is 6.04 Å². The number of hydrogen-bond acceptors (Lipinski definition) is 3. The Hall–Kier alpha value is -2.11. The number of methoxy groups -OCH3 is 1. The Labute approximate surface area is 122 Å². The molecule has 114 valence electrons. The quantitative estimate of drug-likeness (QED) is 0.928. The van der Waals surface area contributed by atoms with Crippen molar-refractivity contribution in [1.82, 2.24) is 4.90 Å². The monoisotopic (exact) mass is 295 g/mol. The third-order valence-corrected chi connectivity index (χ3v) is 3.85. The van der Waals surface area contributed by atoms with Gasteiger partial charge < -0.3 is 14.7 Å². The van der Waals surface area contributed by atoms with E-state index in [1.807, 2.05) is 6.92 Å². The first kappa shape index (κ1) is 15.3. The lowest BCUT2D eigenvalue weighted by atomic mass is 9.90.